The Hall–Kier alpha value is 0.951. The number of hydrogen-bond acceptors (Lipinski definition) is 2. The van der Waals surface area contributed by atoms with E-state index in [9.17, 15) is 0 Å². The van der Waals surface area contributed by atoms with Gasteiger partial charge in [0.05, 0.1) is 0 Å². The van der Waals surface area contributed by atoms with E-state index in [1.807, 2.05) is 0 Å². The van der Waals surface area contributed by atoms with Crippen LogP contribution in [0.3, 0.4) is 0 Å². The van der Waals surface area contributed by atoms with Crippen LogP contribution < -0.4 is 0 Å². The summed E-state index contributed by atoms with van der Waals surface area (Å²) >= 11 is -2.03. The molecule has 0 N–H and O–H groups in total. The molecule has 0 aliphatic heterocycles. The molecule has 0 aromatic carbocycles. The van der Waals surface area contributed by atoms with Crippen LogP contribution in [0.25, 0.3) is 0 Å². The van der Waals surface area contributed by atoms with E-state index in [0.29, 0.717) is 0 Å². The van der Waals surface area contributed by atoms with Gasteiger partial charge < -0.3 is 0 Å². The third kappa shape index (κ3) is 12.4. The molecule has 0 aromatic rings. The van der Waals surface area contributed by atoms with Gasteiger partial charge in [-0.25, -0.2) is 0 Å². The minimum Gasteiger partial charge on any atom is 0 e. The molecule has 28 valence electrons. The van der Waals surface area contributed by atoms with Gasteiger partial charge in [-0.2, -0.15) is 0 Å². The van der Waals surface area contributed by atoms with Gasteiger partial charge in [0.25, 0.3) is 0 Å². The average Bonchev–Trinajstić information content (AvgIpc) is 0.918. The molecule has 4 heteroatoms. The smallest absolute Gasteiger partial charge is 0 e. The summed E-state index contributed by atoms with van der Waals surface area (Å²) in [5.74, 6) is 0. The molecular weight excluding hydrogens is 234 g/mol. The third-order valence-corrected chi connectivity index (χ3v) is 0. The van der Waals surface area contributed by atoms with Gasteiger partial charge in [-0.3, -0.25) is 0 Å². The molecule has 0 aliphatic rings. The molecule has 0 amide bonds. The van der Waals surface area contributed by atoms with Crippen molar-refractivity contribution in [1.29, 1.82) is 0 Å². The summed E-state index contributed by atoms with van der Waals surface area (Å²) in [5.41, 5.74) is 0. The SMILES string of the molecule is [O]=[Mo]=[O].[Pd]. The van der Waals surface area contributed by atoms with Crippen LogP contribution in [0.2, 0.25) is 0 Å². The quantitative estimate of drug-likeness (QED) is 0.542. The van der Waals surface area contributed by atoms with E-state index >= 15 is 0 Å². The Labute approximate surface area is 45.8 Å². The first kappa shape index (κ1) is 8.87. The molecular formula is MoO2Pd. The van der Waals surface area contributed by atoms with E-state index < -0.39 is 18.5 Å². The zero-order chi connectivity index (χ0) is 2.71. The zero-order valence-corrected chi connectivity index (χ0v) is 5.10. The van der Waals surface area contributed by atoms with E-state index in [1.54, 1.807) is 0 Å². The summed E-state index contributed by atoms with van der Waals surface area (Å²) in [5, 5.41) is 0. The molecule has 0 atom stereocenters. The van der Waals surface area contributed by atoms with Gasteiger partial charge in [0.15, 0.2) is 0 Å². The fourth-order valence-electron chi connectivity index (χ4n) is 0. The van der Waals surface area contributed by atoms with Crippen molar-refractivity contribution in [2.45, 2.75) is 0 Å². The van der Waals surface area contributed by atoms with Gasteiger partial charge in [0.1, 0.15) is 0 Å². The Morgan fingerprint density at radius 3 is 1.25 bits per heavy atom. The Morgan fingerprint density at radius 2 is 1.25 bits per heavy atom. The minimum absolute atomic E-state index is 0. The Balaban J connectivity index is 0. The summed E-state index contributed by atoms with van der Waals surface area (Å²) in [6.45, 7) is 0. The monoisotopic (exact) mass is 236 g/mol. The molecule has 0 heterocycles. The minimum atomic E-state index is -2.03. The summed E-state index contributed by atoms with van der Waals surface area (Å²) in [4.78, 5) is 0. The summed E-state index contributed by atoms with van der Waals surface area (Å²) < 4.78 is 17.0. The molecule has 0 aromatic heterocycles. The predicted octanol–water partition coefficient (Wildman–Crippen LogP) is -0.243. The maximum absolute atomic E-state index is 8.50. The number of rotatable bonds is 0. The van der Waals surface area contributed by atoms with E-state index in [-0.39, 0.29) is 20.4 Å². The Morgan fingerprint density at radius 1 is 1.25 bits per heavy atom. The zero-order valence-electron chi connectivity index (χ0n) is 1.54. The van der Waals surface area contributed by atoms with Crippen LogP contribution in [0.4, 0.5) is 0 Å². The largest absolute Gasteiger partial charge is 0 e. The molecule has 0 fully saturated rings. The van der Waals surface area contributed by atoms with Gasteiger partial charge in [0.2, 0.25) is 0 Å². The molecule has 0 saturated heterocycles. The molecule has 0 spiro atoms. The molecule has 0 bridgehead atoms. The van der Waals surface area contributed by atoms with Crippen LogP contribution in [0.15, 0.2) is 0 Å². The first-order valence-corrected chi connectivity index (χ1v) is 1.97. The van der Waals surface area contributed by atoms with E-state index in [2.05, 4.69) is 0 Å². The van der Waals surface area contributed by atoms with Crippen LogP contribution in [0.5, 0.6) is 0 Å². The molecule has 0 saturated carbocycles. The Bertz CT molecular complexity index is 27.0. The second kappa shape index (κ2) is 9.04. The van der Waals surface area contributed by atoms with Crippen LogP contribution in [0.1, 0.15) is 0 Å². The second-order valence-electron chi connectivity index (χ2n) is 0.0680. The topological polar surface area (TPSA) is 34.1 Å². The van der Waals surface area contributed by atoms with Crippen LogP contribution in [0, 0.1) is 0 Å². The number of hydrogen-bond donors (Lipinski definition) is 0. The molecule has 2 nitrogen and oxygen atoms in total. The normalized spacial score (nSPS) is 3.00. The third-order valence-electron chi connectivity index (χ3n) is 0. The second-order valence-corrected chi connectivity index (χ2v) is 0.403. The van der Waals surface area contributed by atoms with Crippen molar-refractivity contribution in [1.82, 2.24) is 0 Å². The maximum atomic E-state index is 8.50. The van der Waals surface area contributed by atoms with Crippen LogP contribution >= 0.6 is 0 Å². The van der Waals surface area contributed by atoms with Gasteiger partial charge in [-0.1, -0.05) is 0 Å². The molecule has 0 radical (unpaired) electrons. The average molecular weight is 234 g/mol. The van der Waals surface area contributed by atoms with Crippen molar-refractivity contribution in [2.75, 3.05) is 0 Å². The first-order chi connectivity index (χ1) is 1.41. The van der Waals surface area contributed by atoms with Crippen molar-refractivity contribution in [3.05, 3.63) is 0 Å². The van der Waals surface area contributed by atoms with Crippen molar-refractivity contribution >= 4 is 0 Å². The molecule has 0 rings (SSSR count). The predicted molar refractivity (Wildman–Crippen MR) is 1.37 cm³/mol. The van der Waals surface area contributed by atoms with E-state index in [4.69, 9.17) is 6.80 Å². The maximum Gasteiger partial charge on any atom is 0 e. The van der Waals surface area contributed by atoms with Gasteiger partial charge in [-0.15, -0.1) is 0 Å². The van der Waals surface area contributed by atoms with E-state index in [1.165, 1.54) is 0 Å². The van der Waals surface area contributed by atoms with Crippen LogP contribution in [-0.4, -0.2) is 0 Å². The van der Waals surface area contributed by atoms with E-state index in [0.717, 1.165) is 0 Å². The standard InChI is InChI=1S/Mo.2O.Pd. The van der Waals surface area contributed by atoms with Crippen molar-refractivity contribution in [3.63, 3.8) is 0 Å². The molecule has 0 aliphatic carbocycles. The van der Waals surface area contributed by atoms with Crippen LogP contribution in [-0.2, 0) is 45.7 Å². The van der Waals surface area contributed by atoms with Crippen molar-refractivity contribution in [3.8, 4) is 0 Å². The molecule has 4 heavy (non-hydrogen) atoms. The van der Waals surface area contributed by atoms with Crippen molar-refractivity contribution < 1.29 is 45.7 Å². The molecule has 0 unspecified atom stereocenters. The van der Waals surface area contributed by atoms with Gasteiger partial charge in [0, 0.05) is 20.4 Å². The van der Waals surface area contributed by atoms with Crippen molar-refractivity contribution in [2.24, 2.45) is 0 Å². The summed E-state index contributed by atoms with van der Waals surface area (Å²) in [7, 11) is 0. The fraction of sp³-hybridized carbons (Fsp3) is 0. The van der Waals surface area contributed by atoms with Gasteiger partial charge in [-0.05, 0) is 0 Å². The fourth-order valence-corrected chi connectivity index (χ4v) is 0. The summed E-state index contributed by atoms with van der Waals surface area (Å²) in [6.07, 6.45) is 0. The summed E-state index contributed by atoms with van der Waals surface area (Å²) in [6, 6.07) is 0. The Kier molecular flexibility index (Phi) is 20.1. The van der Waals surface area contributed by atoms with Gasteiger partial charge >= 0.3 is 25.3 Å². The first-order valence-electron chi connectivity index (χ1n) is 0.333.